The molecule has 4 atom stereocenters. The van der Waals surface area contributed by atoms with Crippen molar-refractivity contribution < 1.29 is 23.9 Å². The summed E-state index contributed by atoms with van der Waals surface area (Å²) in [5, 5.41) is 13.6. The summed E-state index contributed by atoms with van der Waals surface area (Å²) in [6.07, 6.45) is 7.07. The molecule has 0 saturated heterocycles. The van der Waals surface area contributed by atoms with E-state index in [4.69, 9.17) is 9.47 Å². The Labute approximate surface area is 287 Å². The van der Waals surface area contributed by atoms with E-state index in [1.165, 1.54) is 10.7 Å². The first kappa shape index (κ1) is 34.1. The summed E-state index contributed by atoms with van der Waals surface area (Å²) in [5.41, 5.74) is 2.81. The van der Waals surface area contributed by atoms with Gasteiger partial charge in [0, 0.05) is 11.6 Å². The third-order valence-electron chi connectivity index (χ3n) is 9.27. The summed E-state index contributed by atoms with van der Waals surface area (Å²) in [7, 11) is 0. The van der Waals surface area contributed by atoms with Gasteiger partial charge in [-0.25, -0.2) is 4.68 Å². The number of benzene rings is 3. The molecule has 1 aromatic heterocycles. The maximum Gasteiger partial charge on any atom is 0.269 e. The van der Waals surface area contributed by atoms with Crippen molar-refractivity contribution in [1.82, 2.24) is 20.4 Å². The number of carbonyl (C=O) groups excluding carboxylic acids is 3. The van der Waals surface area contributed by atoms with E-state index in [9.17, 15) is 14.4 Å². The molecule has 3 aromatic carbocycles. The monoisotopic (exact) mass is 663 g/mol. The minimum absolute atomic E-state index is 0.113. The molecule has 2 fully saturated rings. The quantitative estimate of drug-likeness (QED) is 0.160. The molecule has 2 saturated carbocycles. The van der Waals surface area contributed by atoms with E-state index in [0.717, 1.165) is 62.5 Å². The van der Waals surface area contributed by atoms with E-state index in [0.29, 0.717) is 18.8 Å². The van der Waals surface area contributed by atoms with E-state index >= 15 is 0 Å². The molecule has 0 aliphatic heterocycles. The number of hydrogen-bond donors (Lipinski definition) is 3. The fraction of sp³-hybridized carbons (Fsp3) is 0.385. The Bertz CT molecular complexity index is 1660. The van der Waals surface area contributed by atoms with E-state index < -0.39 is 0 Å². The zero-order chi connectivity index (χ0) is 33.8. The highest BCUT2D eigenvalue weighted by atomic mass is 16.5. The lowest BCUT2D eigenvalue weighted by atomic mass is 9.92. The smallest absolute Gasteiger partial charge is 0.269 e. The summed E-state index contributed by atoms with van der Waals surface area (Å²) in [6.45, 7) is 0.746. The van der Waals surface area contributed by atoms with Crippen molar-refractivity contribution in [2.45, 2.75) is 95.4 Å². The van der Waals surface area contributed by atoms with Crippen molar-refractivity contribution >= 4 is 23.5 Å². The second-order valence-electron chi connectivity index (χ2n) is 12.9. The first-order valence-electron chi connectivity index (χ1n) is 17.4. The molecule has 10 nitrogen and oxygen atoms in total. The van der Waals surface area contributed by atoms with Crippen molar-refractivity contribution in [2.24, 2.45) is 0 Å². The fourth-order valence-corrected chi connectivity index (χ4v) is 6.67. The number of anilines is 1. The molecule has 0 bridgehead atoms. The number of aromatic nitrogens is 2. The molecule has 3 N–H and O–H groups in total. The van der Waals surface area contributed by atoms with Crippen LogP contribution in [0, 0.1) is 0 Å². The number of ether oxygens (including phenoxy) is 2. The van der Waals surface area contributed by atoms with Crippen LogP contribution in [0.3, 0.4) is 0 Å². The highest BCUT2D eigenvalue weighted by Crippen LogP contribution is 2.25. The topological polar surface area (TPSA) is 124 Å². The SMILES string of the molecule is O=C(Cn1nc(NC(=O)c2ccccc2)cc1C(=O)N[C@H]1CCCC[C@@H]1OCc1ccccc1)N[C@H]1CCCC[C@@H]1OCc1ccccc1. The minimum atomic E-state index is -0.373. The van der Waals surface area contributed by atoms with Gasteiger partial charge in [-0.05, 0) is 48.9 Å². The largest absolute Gasteiger partial charge is 0.371 e. The first-order chi connectivity index (χ1) is 24.0. The summed E-state index contributed by atoms with van der Waals surface area (Å²) in [4.78, 5) is 40.4. The van der Waals surface area contributed by atoms with Gasteiger partial charge in [0.15, 0.2) is 5.82 Å². The fourth-order valence-electron chi connectivity index (χ4n) is 6.67. The Kier molecular flexibility index (Phi) is 11.8. The number of carbonyl (C=O) groups is 3. The van der Waals surface area contributed by atoms with Gasteiger partial charge in [0.2, 0.25) is 5.91 Å². The third kappa shape index (κ3) is 9.64. The van der Waals surface area contributed by atoms with Crippen molar-refractivity contribution in [3.05, 3.63) is 119 Å². The minimum Gasteiger partial charge on any atom is -0.371 e. The molecule has 0 spiro atoms. The summed E-state index contributed by atoms with van der Waals surface area (Å²) in [5.74, 6) is -0.819. The van der Waals surface area contributed by atoms with Gasteiger partial charge in [-0.1, -0.05) is 105 Å². The first-order valence-corrected chi connectivity index (χ1v) is 17.4. The Morgan fingerprint density at radius 2 is 1.16 bits per heavy atom. The van der Waals surface area contributed by atoms with Crippen LogP contribution < -0.4 is 16.0 Å². The van der Waals surface area contributed by atoms with Crippen LogP contribution in [0.2, 0.25) is 0 Å². The summed E-state index contributed by atoms with van der Waals surface area (Å²) < 4.78 is 13.9. The van der Waals surface area contributed by atoms with E-state index in [1.807, 2.05) is 66.7 Å². The number of amides is 3. The molecule has 0 radical (unpaired) electrons. The van der Waals surface area contributed by atoms with Crippen LogP contribution >= 0.6 is 0 Å². The predicted molar refractivity (Wildman–Crippen MR) is 187 cm³/mol. The van der Waals surface area contributed by atoms with Gasteiger partial charge in [0.25, 0.3) is 11.8 Å². The standard InChI is InChI=1S/C39H45N5O5/c45-37(40-31-20-10-12-22-34(31)48-26-28-14-4-1-5-15-28)25-44-33(24-36(43-44)42-38(46)30-18-8-3-9-19-30)39(47)41-32-21-11-13-23-35(32)49-27-29-16-6-2-7-17-29/h1-9,14-19,24,31-32,34-35H,10-13,20-23,25-27H2,(H,40,45)(H,41,47)(H,42,43,46)/t31-,32-,34-,35-/m0/s1. The lowest BCUT2D eigenvalue weighted by Crippen LogP contribution is -2.48. The molecular formula is C39H45N5O5. The lowest BCUT2D eigenvalue weighted by molar-refractivity contribution is -0.124. The highest BCUT2D eigenvalue weighted by Gasteiger charge is 2.31. The van der Waals surface area contributed by atoms with E-state index in [1.54, 1.807) is 24.3 Å². The molecule has 3 amide bonds. The van der Waals surface area contributed by atoms with Crippen LogP contribution in [0.1, 0.15) is 83.3 Å². The zero-order valence-electron chi connectivity index (χ0n) is 27.8. The van der Waals surface area contributed by atoms with Crippen molar-refractivity contribution in [1.29, 1.82) is 0 Å². The Balaban J connectivity index is 1.15. The summed E-state index contributed by atoms with van der Waals surface area (Å²) in [6, 6.07) is 29.9. The van der Waals surface area contributed by atoms with Crippen LogP contribution in [0.15, 0.2) is 97.1 Å². The van der Waals surface area contributed by atoms with Gasteiger partial charge in [0.05, 0.1) is 37.5 Å². The number of hydrogen-bond acceptors (Lipinski definition) is 6. The summed E-state index contributed by atoms with van der Waals surface area (Å²) >= 11 is 0. The Hall–Kier alpha value is -4.80. The molecule has 4 aromatic rings. The van der Waals surface area contributed by atoms with Crippen LogP contribution in [0.4, 0.5) is 5.82 Å². The predicted octanol–water partition coefficient (Wildman–Crippen LogP) is 6.04. The average molecular weight is 664 g/mol. The van der Waals surface area contributed by atoms with Crippen LogP contribution in [0.5, 0.6) is 0 Å². The highest BCUT2D eigenvalue weighted by molar-refractivity contribution is 6.04. The van der Waals surface area contributed by atoms with Crippen LogP contribution in [0.25, 0.3) is 0 Å². The number of rotatable bonds is 13. The molecule has 6 rings (SSSR count). The van der Waals surface area contributed by atoms with Gasteiger partial charge in [-0.2, -0.15) is 5.10 Å². The lowest BCUT2D eigenvalue weighted by Gasteiger charge is -2.32. The molecule has 2 aliphatic carbocycles. The molecule has 49 heavy (non-hydrogen) atoms. The second kappa shape index (κ2) is 17.0. The zero-order valence-corrected chi connectivity index (χ0v) is 27.8. The van der Waals surface area contributed by atoms with Gasteiger partial charge in [0.1, 0.15) is 12.2 Å². The number of nitrogens with zero attached hydrogens (tertiary/aromatic N) is 2. The van der Waals surface area contributed by atoms with E-state index in [2.05, 4.69) is 21.0 Å². The molecule has 1 heterocycles. The molecule has 10 heteroatoms. The van der Waals surface area contributed by atoms with Crippen LogP contribution in [-0.2, 0) is 34.0 Å². The molecule has 256 valence electrons. The van der Waals surface area contributed by atoms with Crippen LogP contribution in [-0.4, -0.2) is 51.8 Å². The van der Waals surface area contributed by atoms with Gasteiger partial charge < -0.3 is 25.4 Å². The Morgan fingerprint density at radius 3 is 1.73 bits per heavy atom. The Morgan fingerprint density at radius 1 is 0.653 bits per heavy atom. The van der Waals surface area contributed by atoms with Gasteiger partial charge in [-0.3, -0.25) is 14.4 Å². The maximum absolute atomic E-state index is 13.9. The van der Waals surface area contributed by atoms with Crippen molar-refractivity contribution in [2.75, 3.05) is 5.32 Å². The average Bonchev–Trinajstić information content (AvgIpc) is 3.53. The van der Waals surface area contributed by atoms with E-state index in [-0.39, 0.29) is 60.1 Å². The normalized spacial score (nSPS) is 20.7. The van der Waals surface area contributed by atoms with Crippen molar-refractivity contribution in [3.63, 3.8) is 0 Å². The third-order valence-corrected chi connectivity index (χ3v) is 9.27. The van der Waals surface area contributed by atoms with Crippen molar-refractivity contribution in [3.8, 4) is 0 Å². The van der Waals surface area contributed by atoms with Gasteiger partial charge in [-0.15, -0.1) is 0 Å². The second-order valence-corrected chi connectivity index (χ2v) is 12.9. The van der Waals surface area contributed by atoms with Gasteiger partial charge >= 0.3 is 0 Å². The molecule has 2 aliphatic rings. The maximum atomic E-state index is 13.9. The molecular weight excluding hydrogens is 618 g/mol. The number of nitrogens with one attached hydrogen (secondary N) is 3. The molecule has 0 unspecified atom stereocenters.